The van der Waals surface area contributed by atoms with Crippen molar-refractivity contribution in [2.75, 3.05) is 13.7 Å². The monoisotopic (exact) mass is 539 g/mol. The number of likely N-dealkylation sites (tertiary alicyclic amines) is 1. The van der Waals surface area contributed by atoms with Gasteiger partial charge in [0.1, 0.15) is 5.75 Å². The summed E-state index contributed by atoms with van der Waals surface area (Å²) in [5.41, 5.74) is 8.15. The van der Waals surface area contributed by atoms with Crippen LogP contribution < -0.4 is 16.0 Å². The Bertz CT molecular complexity index is 1070. The molecule has 11 nitrogen and oxygen atoms in total. The van der Waals surface area contributed by atoms with E-state index in [9.17, 15) is 33.1 Å². The van der Waals surface area contributed by atoms with Gasteiger partial charge in [-0.1, -0.05) is 32.1 Å². The number of rotatable bonds is 10. The molecule has 2 amide bonds. The van der Waals surface area contributed by atoms with Gasteiger partial charge in [-0.15, -0.1) is 0 Å². The van der Waals surface area contributed by atoms with Crippen LogP contribution in [0.1, 0.15) is 64.2 Å². The molecule has 1 aromatic carbocycles. The lowest BCUT2D eigenvalue weighted by Gasteiger charge is -2.45. The van der Waals surface area contributed by atoms with Gasteiger partial charge < -0.3 is 14.7 Å². The summed E-state index contributed by atoms with van der Waals surface area (Å²) in [6.07, 6.45) is 5.33. The summed E-state index contributed by atoms with van der Waals surface area (Å²) in [6, 6.07) is 5.51. The van der Waals surface area contributed by atoms with E-state index in [0.29, 0.717) is 18.1 Å². The number of hydroxylamine groups is 1. The van der Waals surface area contributed by atoms with Gasteiger partial charge >= 0.3 is 5.97 Å². The van der Waals surface area contributed by atoms with Crippen molar-refractivity contribution in [3.63, 3.8) is 0 Å². The van der Waals surface area contributed by atoms with Crippen molar-refractivity contribution in [1.82, 2.24) is 10.4 Å². The third-order valence-electron chi connectivity index (χ3n) is 7.71. The predicted molar refractivity (Wildman–Crippen MR) is 133 cm³/mol. The van der Waals surface area contributed by atoms with Gasteiger partial charge in [0.15, 0.2) is 0 Å². The van der Waals surface area contributed by atoms with Crippen LogP contribution in [-0.2, 0) is 24.2 Å². The summed E-state index contributed by atoms with van der Waals surface area (Å²) in [5.74, 6) is -3.24. The molecule has 2 fully saturated rings. The van der Waals surface area contributed by atoms with Crippen molar-refractivity contribution in [1.29, 1.82) is 0 Å². The second-order valence-corrected chi connectivity index (χ2v) is 12.2. The molecule has 206 valence electrons. The van der Waals surface area contributed by atoms with E-state index >= 15 is 0 Å². The maximum absolute atomic E-state index is 13.7. The summed E-state index contributed by atoms with van der Waals surface area (Å²) in [4.78, 5) is 36.1. The van der Waals surface area contributed by atoms with E-state index < -0.39 is 50.9 Å². The molecule has 5 N–H and O–H groups in total. The van der Waals surface area contributed by atoms with Crippen molar-refractivity contribution < 1.29 is 37.9 Å². The van der Waals surface area contributed by atoms with Gasteiger partial charge in [-0.3, -0.25) is 25.3 Å². The number of carboxylic acid groups (broad SMARTS) is 1. The number of benzene rings is 1. The number of hydrogen-bond donors (Lipinski definition) is 4. The molecule has 1 saturated heterocycles. The van der Waals surface area contributed by atoms with Crippen LogP contribution >= 0.6 is 0 Å². The maximum atomic E-state index is 13.7. The van der Waals surface area contributed by atoms with E-state index in [0.717, 1.165) is 37.0 Å². The molecule has 1 aromatic rings. The lowest BCUT2D eigenvalue weighted by atomic mass is 9.81. The number of nitrogens with two attached hydrogens (primary N) is 1. The van der Waals surface area contributed by atoms with Crippen molar-refractivity contribution in [3.05, 3.63) is 24.3 Å². The SMILES string of the molecule is COc1ccc(S(=O)(=O)C2(N)CC(C(=O)O)CCN2C(=O)CCC(CC2CCCCC2)C(=O)NO)cc1. The number of aliphatic carboxylic acids is 1. The molecule has 1 aliphatic heterocycles. The number of carbonyl (C=O) groups excluding carboxylic acids is 2. The third kappa shape index (κ3) is 6.42. The van der Waals surface area contributed by atoms with Crippen LogP contribution in [0.4, 0.5) is 0 Å². The molecule has 0 bridgehead atoms. The Morgan fingerprint density at radius 1 is 1.16 bits per heavy atom. The number of amides is 2. The van der Waals surface area contributed by atoms with E-state index in [1.165, 1.54) is 31.4 Å². The number of piperidine rings is 1. The summed E-state index contributed by atoms with van der Waals surface area (Å²) in [6.45, 7) is -0.152. The van der Waals surface area contributed by atoms with Crippen LogP contribution in [0.2, 0.25) is 0 Å². The Kier molecular flexibility index (Phi) is 9.54. The number of ether oxygens (including phenoxy) is 1. The van der Waals surface area contributed by atoms with E-state index in [1.807, 2.05) is 0 Å². The average Bonchev–Trinajstić information content (AvgIpc) is 2.90. The van der Waals surface area contributed by atoms with E-state index in [-0.39, 0.29) is 30.7 Å². The quantitative estimate of drug-likeness (QED) is 0.257. The lowest BCUT2D eigenvalue weighted by molar-refractivity contribution is -0.149. The Morgan fingerprint density at radius 2 is 1.81 bits per heavy atom. The molecular weight excluding hydrogens is 502 g/mol. The molecule has 1 aliphatic carbocycles. The molecular formula is C25H37N3O8S. The molecule has 0 spiro atoms. The molecule has 3 rings (SSSR count). The third-order valence-corrected chi connectivity index (χ3v) is 9.92. The largest absolute Gasteiger partial charge is 0.497 e. The topological polar surface area (TPSA) is 176 Å². The van der Waals surface area contributed by atoms with Crippen molar-refractivity contribution >= 4 is 27.6 Å². The fraction of sp³-hybridized carbons (Fsp3) is 0.640. The molecule has 1 saturated carbocycles. The number of nitrogens with one attached hydrogen (secondary N) is 1. The first-order valence-corrected chi connectivity index (χ1v) is 14.2. The standard InChI is InChI=1S/C25H37N3O8S/c1-36-20-8-10-21(11-9-20)37(34,35)25(26)16-19(24(31)32)13-14-28(25)22(29)12-7-18(23(30)27-33)15-17-5-3-2-4-6-17/h8-11,17-19,33H,2-7,12-16,26H2,1H3,(H,27,30)(H,31,32). The highest BCUT2D eigenvalue weighted by atomic mass is 32.2. The summed E-state index contributed by atoms with van der Waals surface area (Å²) in [7, 11) is -2.95. The van der Waals surface area contributed by atoms with Gasteiger partial charge in [-0.05, 0) is 49.4 Å². The van der Waals surface area contributed by atoms with Gasteiger partial charge in [-0.25, -0.2) is 13.9 Å². The first-order valence-electron chi connectivity index (χ1n) is 12.7. The number of nitrogens with zero attached hydrogens (tertiary/aromatic N) is 1. The van der Waals surface area contributed by atoms with Crippen LogP contribution in [0, 0.1) is 17.8 Å². The minimum Gasteiger partial charge on any atom is -0.497 e. The second kappa shape index (κ2) is 12.2. The first kappa shape index (κ1) is 28.9. The number of carbonyl (C=O) groups is 3. The fourth-order valence-corrected chi connectivity index (χ4v) is 7.31. The number of sulfone groups is 1. The Hall–Kier alpha value is -2.70. The van der Waals surface area contributed by atoms with Crippen molar-refractivity contribution in [3.8, 4) is 5.75 Å². The molecule has 0 aromatic heterocycles. The van der Waals surface area contributed by atoms with E-state index in [2.05, 4.69) is 0 Å². The Labute approximate surface area is 217 Å². The van der Waals surface area contributed by atoms with Crippen LogP contribution in [-0.4, -0.2) is 60.1 Å². The van der Waals surface area contributed by atoms with Crippen LogP contribution in [0.5, 0.6) is 5.75 Å². The zero-order valence-corrected chi connectivity index (χ0v) is 21.9. The van der Waals surface area contributed by atoms with E-state index in [1.54, 1.807) is 5.48 Å². The predicted octanol–water partition coefficient (Wildman–Crippen LogP) is 2.28. The Morgan fingerprint density at radius 3 is 2.38 bits per heavy atom. The zero-order valence-electron chi connectivity index (χ0n) is 21.1. The maximum Gasteiger partial charge on any atom is 0.306 e. The molecule has 3 unspecified atom stereocenters. The van der Waals surface area contributed by atoms with Crippen LogP contribution in [0.3, 0.4) is 0 Å². The van der Waals surface area contributed by atoms with Gasteiger partial charge in [-0.2, -0.15) is 0 Å². The second-order valence-electron chi connectivity index (χ2n) is 10.0. The first-order chi connectivity index (χ1) is 17.5. The van der Waals surface area contributed by atoms with Crippen molar-refractivity contribution in [2.24, 2.45) is 23.5 Å². The number of carboxylic acids is 1. The highest BCUT2D eigenvalue weighted by Crippen LogP contribution is 2.38. The average molecular weight is 540 g/mol. The highest BCUT2D eigenvalue weighted by molar-refractivity contribution is 7.92. The highest BCUT2D eigenvalue weighted by Gasteiger charge is 2.53. The minimum atomic E-state index is -4.38. The van der Waals surface area contributed by atoms with Crippen molar-refractivity contribution in [2.45, 2.75) is 74.1 Å². The molecule has 1 heterocycles. The molecule has 3 atom stereocenters. The number of methoxy groups -OCH3 is 1. The molecule has 37 heavy (non-hydrogen) atoms. The smallest absolute Gasteiger partial charge is 0.306 e. The van der Waals surface area contributed by atoms with Gasteiger partial charge in [0, 0.05) is 25.3 Å². The zero-order chi connectivity index (χ0) is 27.2. The molecule has 12 heteroatoms. The van der Waals surface area contributed by atoms with Gasteiger partial charge in [0.05, 0.1) is 17.9 Å². The van der Waals surface area contributed by atoms with Gasteiger partial charge in [0.25, 0.3) is 0 Å². The van der Waals surface area contributed by atoms with Crippen LogP contribution in [0.15, 0.2) is 29.2 Å². The normalized spacial score (nSPS) is 23.8. The summed E-state index contributed by atoms with van der Waals surface area (Å²) < 4.78 is 32.5. The summed E-state index contributed by atoms with van der Waals surface area (Å²) in [5, 5.41) is 18.8. The number of hydrogen-bond acceptors (Lipinski definition) is 8. The van der Waals surface area contributed by atoms with E-state index in [4.69, 9.17) is 10.5 Å². The van der Waals surface area contributed by atoms with Gasteiger partial charge in [0.2, 0.25) is 26.6 Å². The molecule has 2 aliphatic rings. The molecule has 0 radical (unpaired) electrons. The Balaban J connectivity index is 1.83. The minimum absolute atomic E-state index is 0.0563. The summed E-state index contributed by atoms with van der Waals surface area (Å²) >= 11 is 0. The van der Waals surface area contributed by atoms with Crippen LogP contribution in [0.25, 0.3) is 0 Å². The fourth-order valence-electron chi connectivity index (χ4n) is 5.50. The lowest BCUT2D eigenvalue weighted by Crippen LogP contribution is -2.67.